The lowest BCUT2D eigenvalue weighted by molar-refractivity contribution is 0.965. The number of nitrogens with zero attached hydrogens (tertiary/aromatic N) is 2. The van der Waals surface area contributed by atoms with Gasteiger partial charge in [-0.2, -0.15) is 0 Å². The van der Waals surface area contributed by atoms with E-state index in [4.69, 9.17) is 23.2 Å². The smallest absolute Gasteiger partial charge is 0.209 e. The predicted molar refractivity (Wildman–Crippen MR) is 112 cm³/mol. The Kier molecular flexibility index (Phi) is 5.48. The Morgan fingerprint density at radius 2 is 1.44 bits per heavy atom. The van der Waals surface area contributed by atoms with Gasteiger partial charge in [-0.3, -0.25) is 5.10 Å². The normalized spacial score (nSPS) is 11.1. The molecule has 0 spiro atoms. The van der Waals surface area contributed by atoms with Gasteiger partial charge in [0.2, 0.25) is 5.16 Å². The van der Waals surface area contributed by atoms with Crippen molar-refractivity contribution in [3.05, 3.63) is 100 Å². The molecule has 0 aliphatic rings. The van der Waals surface area contributed by atoms with Crippen molar-refractivity contribution in [1.82, 2.24) is 15.2 Å². The highest BCUT2D eigenvalue weighted by Crippen LogP contribution is 2.39. The molecule has 4 aromatic rings. The van der Waals surface area contributed by atoms with Crippen molar-refractivity contribution < 1.29 is 0 Å². The van der Waals surface area contributed by atoms with Gasteiger partial charge in [-0.1, -0.05) is 95.6 Å². The Labute approximate surface area is 171 Å². The first-order valence-electron chi connectivity index (χ1n) is 8.35. The standard InChI is InChI=1S/C21H15Cl2N3S/c22-16-11-12-17(18(23)13-16)20-24-21(26-25-20)27-19(14-7-3-1-4-8-14)15-9-5-2-6-10-15/h1-13,19H,(H,24,25,26). The molecule has 0 fully saturated rings. The molecule has 134 valence electrons. The third kappa shape index (κ3) is 4.19. The van der Waals surface area contributed by atoms with Crippen LogP contribution in [0.25, 0.3) is 11.4 Å². The molecule has 1 heterocycles. The fraction of sp³-hybridized carbons (Fsp3) is 0.0476. The SMILES string of the molecule is Clc1ccc(-c2nc(SC(c3ccccc3)c3ccccc3)n[nH]2)c(Cl)c1. The largest absolute Gasteiger partial charge is 0.258 e. The van der Waals surface area contributed by atoms with Crippen LogP contribution in [0.15, 0.2) is 84.0 Å². The summed E-state index contributed by atoms with van der Waals surface area (Å²) >= 11 is 13.9. The highest BCUT2D eigenvalue weighted by atomic mass is 35.5. The molecule has 4 rings (SSSR count). The Morgan fingerprint density at radius 3 is 2.04 bits per heavy atom. The van der Waals surface area contributed by atoms with Crippen LogP contribution in [0.5, 0.6) is 0 Å². The zero-order chi connectivity index (χ0) is 18.6. The van der Waals surface area contributed by atoms with Gasteiger partial charge in [-0.05, 0) is 29.3 Å². The van der Waals surface area contributed by atoms with E-state index in [1.165, 1.54) is 11.1 Å². The minimum absolute atomic E-state index is 0.0942. The third-order valence-electron chi connectivity index (χ3n) is 4.08. The van der Waals surface area contributed by atoms with E-state index in [1.54, 1.807) is 23.9 Å². The lowest BCUT2D eigenvalue weighted by Crippen LogP contribution is -1.97. The summed E-state index contributed by atoms with van der Waals surface area (Å²) in [4.78, 5) is 4.63. The highest BCUT2D eigenvalue weighted by Gasteiger charge is 2.19. The first-order chi connectivity index (χ1) is 13.2. The number of hydrogen-bond donors (Lipinski definition) is 1. The summed E-state index contributed by atoms with van der Waals surface area (Å²) in [6.07, 6.45) is 0. The second-order valence-corrected chi connectivity index (χ2v) is 7.83. The van der Waals surface area contributed by atoms with Crippen LogP contribution in [-0.4, -0.2) is 15.2 Å². The summed E-state index contributed by atoms with van der Waals surface area (Å²) in [5.41, 5.74) is 3.17. The van der Waals surface area contributed by atoms with Crippen molar-refractivity contribution in [1.29, 1.82) is 0 Å². The molecule has 27 heavy (non-hydrogen) atoms. The molecule has 6 heteroatoms. The average molecular weight is 412 g/mol. The fourth-order valence-electron chi connectivity index (χ4n) is 2.79. The summed E-state index contributed by atoms with van der Waals surface area (Å²) in [6, 6.07) is 26.0. The molecule has 0 aliphatic heterocycles. The second-order valence-electron chi connectivity index (χ2n) is 5.91. The molecule has 3 nitrogen and oxygen atoms in total. The van der Waals surface area contributed by atoms with Crippen molar-refractivity contribution in [3.8, 4) is 11.4 Å². The van der Waals surface area contributed by atoms with E-state index in [-0.39, 0.29) is 5.25 Å². The van der Waals surface area contributed by atoms with Crippen LogP contribution in [0.1, 0.15) is 16.4 Å². The molecule has 0 bridgehead atoms. The molecule has 0 atom stereocenters. The molecule has 0 aliphatic carbocycles. The molecule has 0 unspecified atom stereocenters. The molecule has 1 aromatic heterocycles. The Hall–Kier alpha value is -2.27. The minimum Gasteiger partial charge on any atom is -0.258 e. The summed E-state index contributed by atoms with van der Waals surface area (Å²) in [6.45, 7) is 0. The fourth-order valence-corrected chi connectivity index (χ4v) is 4.33. The van der Waals surface area contributed by atoms with Crippen LogP contribution >= 0.6 is 35.0 Å². The average Bonchev–Trinajstić information content (AvgIpc) is 3.16. The van der Waals surface area contributed by atoms with Gasteiger partial charge in [-0.25, -0.2) is 4.98 Å². The van der Waals surface area contributed by atoms with Crippen LogP contribution in [0.4, 0.5) is 0 Å². The van der Waals surface area contributed by atoms with E-state index < -0.39 is 0 Å². The third-order valence-corrected chi connectivity index (χ3v) is 5.80. The van der Waals surface area contributed by atoms with Gasteiger partial charge in [0.05, 0.1) is 10.3 Å². The number of rotatable bonds is 5. The highest BCUT2D eigenvalue weighted by molar-refractivity contribution is 7.99. The van der Waals surface area contributed by atoms with E-state index in [2.05, 4.69) is 39.4 Å². The first kappa shape index (κ1) is 18.1. The molecular weight excluding hydrogens is 397 g/mol. The number of hydrogen-bond acceptors (Lipinski definition) is 3. The lowest BCUT2D eigenvalue weighted by atomic mass is 10.0. The number of H-pyrrole nitrogens is 1. The Morgan fingerprint density at radius 1 is 0.815 bits per heavy atom. The van der Waals surface area contributed by atoms with Crippen LogP contribution in [0.3, 0.4) is 0 Å². The molecule has 0 amide bonds. The van der Waals surface area contributed by atoms with Crippen molar-refractivity contribution in [2.45, 2.75) is 10.4 Å². The summed E-state index contributed by atoms with van der Waals surface area (Å²) < 4.78 is 0. The number of halogens is 2. The number of nitrogens with one attached hydrogen (secondary N) is 1. The van der Waals surface area contributed by atoms with Gasteiger partial charge < -0.3 is 0 Å². The maximum Gasteiger partial charge on any atom is 0.209 e. The lowest BCUT2D eigenvalue weighted by Gasteiger charge is -2.15. The summed E-state index contributed by atoms with van der Waals surface area (Å²) in [7, 11) is 0. The number of aromatic nitrogens is 3. The predicted octanol–water partition coefficient (Wildman–Crippen LogP) is 6.66. The van der Waals surface area contributed by atoms with Crippen molar-refractivity contribution in [3.63, 3.8) is 0 Å². The number of thioether (sulfide) groups is 1. The van der Waals surface area contributed by atoms with Crippen molar-refractivity contribution >= 4 is 35.0 Å². The van der Waals surface area contributed by atoms with Gasteiger partial charge in [-0.15, -0.1) is 5.10 Å². The van der Waals surface area contributed by atoms with Gasteiger partial charge >= 0.3 is 0 Å². The van der Waals surface area contributed by atoms with E-state index in [1.807, 2.05) is 42.5 Å². The Bertz CT molecular complexity index is 996. The summed E-state index contributed by atoms with van der Waals surface area (Å²) in [5.74, 6) is 0.624. The minimum atomic E-state index is 0.0942. The second kappa shape index (κ2) is 8.17. The van der Waals surface area contributed by atoms with Gasteiger partial charge in [0.1, 0.15) is 0 Å². The topological polar surface area (TPSA) is 41.6 Å². The molecule has 0 radical (unpaired) electrons. The van der Waals surface area contributed by atoms with Crippen molar-refractivity contribution in [2.24, 2.45) is 0 Å². The zero-order valence-corrected chi connectivity index (χ0v) is 16.5. The molecular formula is C21H15Cl2N3S. The van der Waals surface area contributed by atoms with Crippen molar-refractivity contribution in [2.75, 3.05) is 0 Å². The maximum absolute atomic E-state index is 6.29. The number of benzene rings is 3. The molecule has 0 saturated heterocycles. The Balaban J connectivity index is 1.66. The number of aromatic amines is 1. The van der Waals surface area contributed by atoms with E-state index >= 15 is 0 Å². The van der Waals surface area contributed by atoms with Crippen LogP contribution < -0.4 is 0 Å². The molecule has 3 aromatic carbocycles. The zero-order valence-electron chi connectivity index (χ0n) is 14.1. The van der Waals surface area contributed by atoms with E-state index in [9.17, 15) is 0 Å². The summed E-state index contributed by atoms with van der Waals surface area (Å²) in [5, 5.41) is 9.25. The van der Waals surface area contributed by atoms with E-state index in [0.29, 0.717) is 21.0 Å². The van der Waals surface area contributed by atoms with E-state index in [0.717, 1.165) is 5.56 Å². The van der Waals surface area contributed by atoms with Gasteiger partial charge in [0.25, 0.3) is 0 Å². The van der Waals surface area contributed by atoms with Crippen LogP contribution in [0.2, 0.25) is 10.0 Å². The molecule has 1 N–H and O–H groups in total. The molecule has 0 saturated carbocycles. The van der Waals surface area contributed by atoms with Crippen LogP contribution in [-0.2, 0) is 0 Å². The quantitative estimate of drug-likeness (QED) is 0.373. The maximum atomic E-state index is 6.29. The van der Waals surface area contributed by atoms with Crippen LogP contribution in [0, 0.1) is 0 Å². The van der Waals surface area contributed by atoms with Gasteiger partial charge in [0, 0.05) is 10.6 Å². The van der Waals surface area contributed by atoms with Gasteiger partial charge in [0.15, 0.2) is 5.82 Å². The monoisotopic (exact) mass is 411 g/mol. The first-order valence-corrected chi connectivity index (χ1v) is 9.98.